The summed E-state index contributed by atoms with van der Waals surface area (Å²) in [5, 5.41) is 3.57. The number of aromatic nitrogens is 2. The molecule has 0 radical (unpaired) electrons. The Balaban J connectivity index is 2.16. The summed E-state index contributed by atoms with van der Waals surface area (Å²) in [5.74, 6) is 1.75. The number of nitrogens with one attached hydrogen (secondary N) is 1. The SMILES string of the molecule is CCc1nc(C2CC2)nc(CC)c1CCNC(C)(C)C. The molecule has 0 saturated heterocycles. The zero-order valence-electron chi connectivity index (χ0n) is 13.7. The Morgan fingerprint density at radius 2 is 1.60 bits per heavy atom. The summed E-state index contributed by atoms with van der Waals surface area (Å²) >= 11 is 0. The number of nitrogens with zero attached hydrogens (tertiary/aromatic N) is 2. The molecule has 3 heteroatoms. The van der Waals surface area contributed by atoms with Gasteiger partial charge in [0.2, 0.25) is 0 Å². The number of rotatable bonds is 6. The molecule has 0 spiro atoms. The molecule has 0 atom stereocenters. The van der Waals surface area contributed by atoms with Crippen LogP contribution in [0.15, 0.2) is 0 Å². The molecular weight excluding hydrogens is 246 g/mol. The molecule has 3 nitrogen and oxygen atoms in total. The summed E-state index contributed by atoms with van der Waals surface area (Å²) in [5.41, 5.74) is 4.10. The first-order chi connectivity index (χ1) is 9.44. The molecule has 2 rings (SSSR count). The van der Waals surface area contributed by atoms with Gasteiger partial charge in [0.1, 0.15) is 5.82 Å². The molecule has 1 aliphatic carbocycles. The lowest BCUT2D eigenvalue weighted by atomic mass is 10.0. The van der Waals surface area contributed by atoms with Crippen LogP contribution >= 0.6 is 0 Å². The topological polar surface area (TPSA) is 37.8 Å². The second-order valence-electron chi connectivity index (χ2n) is 6.86. The third-order valence-corrected chi connectivity index (χ3v) is 3.84. The van der Waals surface area contributed by atoms with Crippen molar-refractivity contribution in [3.8, 4) is 0 Å². The molecule has 0 bridgehead atoms. The van der Waals surface area contributed by atoms with Crippen molar-refractivity contribution < 1.29 is 0 Å². The Bertz CT molecular complexity index is 431. The largest absolute Gasteiger partial charge is 0.312 e. The lowest BCUT2D eigenvalue weighted by molar-refractivity contribution is 0.428. The molecule has 1 aliphatic rings. The van der Waals surface area contributed by atoms with E-state index < -0.39 is 0 Å². The third kappa shape index (κ3) is 4.02. The Labute approximate surface area is 123 Å². The highest BCUT2D eigenvalue weighted by molar-refractivity contribution is 5.28. The summed E-state index contributed by atoms with van der Waals surface area (Å²) in [6, 6.07) is 0. The van der Waals surface area contributed by atoms with Gasteiger partial charge in [0, 0.05) is 22.8 Å². The van der Waals surface area contributed by atoms with E-state index in [0.29, 0.717) is 5.92 Å². The fourth-order valence-corrected chi connectivity index (χ4v) is 2.56. The molecule has 0 aromatic carbocycles. The van der Waals surface area contributed by atoms with E-state index >= 15 is 0 Å². The van der Waals surface area contributed by atoms with Crippen LogP contribution in [0.2, 0.25) is 0 Å². The van der Waals surface area contributed by atoms with Crippen LogP contribution in [-0.4, -0.2) is 22.1 Å². The number of hydrogen-bond donors (Lipinski definition) is 1. The highest BCUT2D eigenvalue weighted by atomic mass is 14.9. The quantitative estimate of drug-likeness (QED) is 0.864. The Morgan fingerprint density at radius 3 is 2.00 bits per heavy atom. The molecular formula is C17H29N3. The lowest BCUT2D eigenvalue weighted by Gasteiger charge is -2.21. The van der Waals surface area contributed by atoms with E-state index in [2.05, 4.69) is 39.9 Å². The fourth-order valence-electron chi connectivity index (χ4n) is 2.56. The second kappa shape index (κ2) is 6.21. The lowest BCUT2D eigenvalue weighted by Crippen LogP contribution is -2.37. The van der Waals surface area contributed by atoms with Crippen molar-refractivity contribution in [1.29, 1.82) is 0 Å². The van der Waals surface area contributed by atoms with Crippen molar-refractivity contribution in [2.45, 2.75) is 78.2 Å². The van der Waals surface area contributed by atoms with E-state index in [1.54, 1.807) is 0 Å². The fraction of sp³-hybridized carbons (Fsp3) is 0.765. The zero-order chi connectivity index (χ0) is 14.8. The van der Waals surface area contributed by atoms with E-state index in [1.807, 2.05) is 0 Å². The first kappa shape index (κ1) is 15.4. The Morgan fingerprint density at radius 1 is 1.05 bits per heavy atom. The minimum atomic E-state index is 0.174. The first-order valence-corrected chi connectivity index (χ1v) is 8.08. The van der Waals surface area contributed by atoms with Crippen LogP contribution in [0.5, 0.6) is 0 Å². The Hall–Kier alpha value is -0.960. The first-order valence-electron chi connectivity index (χ1n) is 8.08. The number of hydrogen-bond acceptors (Lipinski definition) is 3. The molecule has 112 valence electrons. The highest BCUT2D eigenvalue weighted by Gasteiger charge is 2.28. The van der Waals surface area contributed by atoms with Gasteiger partial charge in [0.15, 0.2) is 0 Å². The second-order valence-corrected chi connectivity index (χ2v) is 6.86. The molecule has 0 aliphatic heterocycles. The van der Waals surface area contributed by atoms with Gasteiger partial charge in [0.25, 0.3) is 0 Å². The maximum atomic E-state index is 4.84. The van der Waals surface area contributed by atoms with E-state index in [9.17, 15) is 0 Å². The Kier molecular flexibility index (Phi) is 4.79. The van der Waals surface area contributed by atoms with Gasteiger partial charge < -0.3 is 5.32 Å². The van der Waals surface area contributed by atoms with Gasteiger partial charge in [-0.05, 0) is 65.0 Å². The molecule has 1 saturated carbocycles. The molecule has 20 heavy (non-hydrogen) atoms. The number of aryl methyl sites for hydroxylation is 2. The van der Waals surface area contributed by atoms with Gasteiger partial charge in [-0.15, -0.1) is 0 Å². The van der Waals surface area contributed by atoms with Crippen molar-refractivity contribution in [1.82, 2.24) is 15.3 Å². The van der Waals surface area contributed by atoms with Crippen molar-refractivity contribution >= 4 is 0 Å². The minimum Gasteiger partial charge on any atom is -0.312 e. The molecule has 0 unspecified atom stereocenters. The standard InChI is InChI=1S/C17H29N3/c1-6-14-13(10-11-18-17(3,4)5)15(7-2)20-16(19-14)12-8-9-12/h12,18H,6-11H2,1-5H3. The molecule has 1 heterocycles. The maximum Gasteiger partial charge on any atom is 0.131 e. The molecule has 1 aromatic heterocycles. The van der Waals surface area contributed by atoms with Crippen LogP contribution in [0.25, 0.3) is 0 Å². The average molecular weight is 275 g/mol. The summed E-state index contributed by atoms with van der Waals surface area (Å²) in [7, 11) is 0. The predicted octanol–water partition coefficient (Wildman–Crippen LogP) is 3.41. The third-order valence-electron chi connectivity index (χ3n) is 3.84. The van der Waals surface area contributed by atoms with E-state index in [0.717, 1.165) is 31.6 Å². The van der Waals surface area contributed by atoms with Crippen LogP contribution in [0, 0.1) is 0 Å². The molecule has 1 aromatic rings. The van der Waals surface area contributed by atoms with Crippen LogP contribution in [0.1, 0.15) is 76.2 Å². The van der Waals surface area contributed by atoms with Crippen LogP contribution < -0.4 is 5.32 Å². The van der Waals surface area contributed by atoms with Crippen molar-refractivity contribution in [2.75, 3.05) is 6.54 Å². The van der Waals surface area contributed by atoms with E-state index in [-0.39, 0.29) is 5.54 Å². The van der Waals surface area contributed by atoms with E-state index in [4.69, 9.17) is 9.97 Å². The molecule has 1 fully saturated rings. The summed E-state index contributed by atoms with van der Waals surface area (Å²) < 4.78 is 0. The average Bonchev–Trinajstić information content (AvgIpc) is 3.21. The summed E-state index contributed by atoms with van der Waals surface area (Å²) in [6.07, 6.45) is 5.61. The van der Waals surface area contributed by atoms with Gasteiger partial charge in [0.05, 0.1) is 0 Å². The zero-order valence-corrected chi connectivity index (χ0v) is 13.7. The van der Waals surface area contributed by atoms with Gasteiger partial charge in [-0.3, -0.25) is 0 Å². The normalized spacial score (nSPS) is 15.7. The smallest absolute Gasteiger partial charge is 0.131 e. The predicted molar refractivity (Wildman–Crippen MR) is 84.2 cm³/mol. The van der Waals surface area contributed by atoms with Crippen LogP contribution in [-0.2, 0) is 19.3 Å². The maximum absolute atomic E-state index is 4.84. The summed E-state index contributed by atoms with van der Waals surface area (Å²) in [6.45, 7) is 12.0. The van der Waals surface area contributed by atoms with Gasteiger partial charge in [-0.25, -0.2) is 9.97 Å². The highest BCUT2D eigenvalue weighted by Crippen LogP contribution is 2.38. The van der Waals surface area contributed by atoms with E-state index in [1.165, 1.54) is 29.8 Å². The van der Waals surface area contributed by atoms with Crippen LogP contribution in [0.3, 0.4) is 0 Å². The van der Waals surface area contributed by atoms with Crippen molar-refractivity contribution in [3.05, 3.63) is 22.8 Å². The molecule has 0 amide bonds. The van der Waals surface area contributed by atoms with Crippen LogP contribution in [0.4, 0.5) is 0 Å². The monoisotopic (exact) mass is 275 g/mol. The van der Waals surface area contributed by atoms with Gasteiger partial charge in [-0.1, -0.05) is 13.8 Å². The van der Waals surface area contributed by atoms with Crippen molar-refractivity contribution in [3.63, 3.8) is 0 Å². The van der Waals surface area contributed by atoms with Gasteiger partial charge in [-0.2, -0.15) is 0 Å². The summed E-state index contributed by atoms with van der Waals surface area (Å²) in [4.78, 5) is 9.68. The van der Waals surface area contributed by atoms with Gasteiger partial charge >= 0.3 is 0 Å². The molecule has 1 N–H and O–H groups in total. The minimum absolute atomic E-state index is 0.174. The van der Waals surface area contributed by atoms with Crippen molar-refractivity contribution in [2.24, 2.45) is 0 Å².